The topological polar surface area (TPSA) is 95.5 Å². The van der Waals surface area contributed by atoms with Gasteiger partial charge in [-0.15, -0.1) is 11.3 Å². The Morgan fingerprint density at radius 2 is 2.05 bits per heavy atom. The first-order chi connectivity index (χ1) is 9.45. The molecule has 3 N–H and O–H groups in total. The number of thiophene rings is 1. The minimum Gasteiger partial charge on any atom is -0.480 e. The van der Waals surface area contributed by atoms with Gasteiger partial charge in [0.2, 0.25) is 5.91 Å². The van der Waals surface area contributed by atoms with Crippen LogP contribution in [-0.4, -0.2) is 35.0 Å². The van der Waals surface area contributed by atoms with Gasteiger partial charge in [0.25, 0.3) is 5.91 Å². The van der Waals surface area contributed by atoms with Crippen LogP contribution in [0.1, 0.15) is 36.4 Å². The van der Waals surface area contributed by atoms with Gasteiger partial charge in [0.15, 0.2) is 0 Å². The molecular formula is C13H18N2O4S. The Morgan fingerprint density at radius 3 is 2.55 bits per heavy atom. The van der Waals surface area contributed by atoms with Crippen molar-refractivity contribution in [2.24, 2.45) is 0 Å². The van der Waals surface area contributed by atoms with Crippen molar-refractivity contribution >= 4 is 29.1 Å². The molecule has 0 aliphatic rings. The molecule has 1 rings (SSSR count). The highest BCUT2D eigenvalue weighted by Crippen LogP contribution is 2.08. The molecule has 1 unspecified atom stereocenters. The predicted octanol–water partition coefficient (Wildman–Crippen LogP) is 1.24. The summed E-state index contributed by atoms with van der Waals surface area (Å²) >= 11 is 1.27. The molecule has 1 aromatic heterocycles. The minimum absolute atomic E-state index is 0.343. The highest BCUT2D eigenvalue weighted by molar-refractivity contribution is 7.12. The first-order valence-corrected chi connectivity index (χ1v) is 7.21. The molecule has 110 valence electrons. The Morgan fingerprint density at radius 1 is 1.35 bits per heavy atom. The maximum Gasteiger partial charge on any atom is 0.326 e. The lowest BCUT2D eigenvalue weighted by atomic mass is 10.1. The van der Waals surface area contributed by atoms with Crippen molar-refractivity contribution < 1.29 is 19.5 Å². The fourth-order valence-corrected chi connectivity index (χ4v) is 2.21. The van der Waals surface area contributed by atoms with Crippen LogP contribution >= 0.6 is 11.3 Å². The van der Waals surface area contributed by atoms with Crippen LogP contribution in [0, 0.1) is 0 Å². The summed E-state index contributed by atoms with van der Waals surface area (Å²) < 4.78 is 0. The molecule has 0 aliphatic heterocycles. The summed E-state index contributed by atoms with van der Waals surface area (Å²) in [6.45, 7) is 3.36. The molecule has 0 spiro atoms. The summed E-state index contributed by atoms with van der Waals surface area (Å²) in [5.41, 5.74) is 0. The van der Waals surface area contributed by atoms with E-state index in [1.807, 2.05) is 6.92 Å². The van der Waals surface area contributed by atoms with Gasteiger partial charge >= 0.3 is 5.97 Å². The summed E-state index contributed by atoms with van der Waals surface area (Å²) in [5.74, 6) is -1.92. The molecule has 2 amide bonds. The van der Waals surface area contributed by atoms with Crippen molar-refractivity contribution in [2.75, 3.05) is 0 Å². The number of aliphatic carboxylic acids is 1. The van der Waals surface area contributed by atoms with Crippen molar-refractivity contribution in [1.29, 1.82) is 0 Å². The number of carboxylic acids is 1. The van der Waals surface area contributed by atoms with Crippen molar-refractivity contribution in [1.82, 2.24) is 10.6 Å². The maximum absolute atomic E-state index is 11.9. The number of carbonyl (C=O) groups is 3. The third-order valence-corrected chi connectivity index (χ3v) is 3.55. The second-order valence-corrected chi connectivity index (χ2v) is 5.31. The average Bonchev–Trinajstić information content (AvgIpc) is 2.91. The van der Waals surface area contributed by atoms with E-state index in [0.29, 0.717) is 17.7 Å². The highest BCUT2D eigenvalue weighted by atomic mass is 32.1. The van der Waals surface area contributed by atoms with Gasteiger partial charge in [0, 0.05) is 0 Å². The van der Waals surface area contributed by atoms with Crippen molar-refractivity contribution in [2.45, 2.75) is 38.8 Å². The fourth-order valence-electron chi connectivity index (χ4n) is 1.58. The number of hydrogen-bond acceptors (Lipinski definition) is 4. The van der Waals surface area contributed by atoms with E-state index in [0.717, 1.165) is 0 Å². The van der Waals surface area contributed by atoms with Gasteiger partial charge in [-0.25, -0.2) is 4.79 Å². The van der Waals surface area contributed by atoms with Gasteiger partial charge in [0.05, 0.1) is 4.88 Å². The van der Waals surface area contributed by atoms with Gasteiger partial charge in [-0.1, -0.05) is 19.4 Å². The number of nitrogens with one attached hydrogen (secondary N) is 2. The zero-order chi connectivity index (χ0) is 15.1. The number of rotatable bonds is 7. The standard InChI is InChI=1S/C13H18N2O4S/c1-3-5-9(13(18)19)15-11(16)8(2)14-12(17)10-6-4-7-20-10/h4,6-9H,3,5H2,1-2H3,(H,14,17)(H,15,16)(H,18,19)/t8?,9-/m1/s1. The van der Waals surface area contributed by atoms with Crippen molar-refractivity contribution in [3.63, 3.8) is 0 Å². The first kappa shape index (κ1) is 16.2. The molecule has 0 saturated carbocycles. The molecule has 0 radical (unpaired) electrons. The third-order valence-electron chi connectivity index (χ3n) is 2.68. The fraction of sp³-hybridized carbons (Fsp3) is 0.462. The number of carboxylic acid groups (broad SMARTS) is 1. The van der Waals surface area contributed by atoms with E-state index in [9.17, 15) is 14.4 Å². The van der Waals surface area contributed by atoms with Gasteiger partial charge in [0.1, 0.15) is 12.1 Å². The van der Waals surface area contributed by atoms with E-state index in [1.54, 1.807) is 17.5 Å². The zero-order valence-corrected chi connectivity index (χ0v) is 12.2. The van der Waals surface area contributed by atoms with E-state index in [1.165, 1.54) is 18.3 Å². The molecule has 0 bridgehead atoms. The Hall–Kier alpha value is -1.89. The van der Waals surface area contributed by atoms with Crippen LogP contribution in [0.4, 0.5) is 0 Å². The maximum atomic E-state index is 11.9. The molecule has 0 saturated heterocycles. The first-order valence-electron chi connectivity index (χ1n) is 6.33. The number of amides is 2. The van der Waals surface area contributed by atoms with Crippen LogP contribution < -0.4 is 10.6 Å². The normalized spacial score (nSPS) is 13.3. The van der Waals surface area contributed by atoms with E-state index in [4.69, 9.17) is 5.11 Å². The SMILES string of the molecule is CCC[C@@H](NC(=O)C(C)NC(=O)c1cccs1)C(=O)O. The molecule has 7 heteroatoms. The lowest BCUT2D eigenvalue weighted by Crippen LogP contribution is -2.50. The summed E-state index contributed by atoms with van der Waals surface area (Å²) in [4.78, 5) is 35.1. The average molecular weight is 298 g/mol. The van der Waals surface area contributed by atoms with Crippen LogP contribution in [0.5, 0.6) is 0 Å². The Labute approximate surface area is 121 Å². The van der Waals surface area contributed by atoms with Crippen LogP contribution in [-0.2, 0) is 9.59 Å². The second-order valence-electron chi connectivity index (χ2n) is 4.36. The van der Waals surface area contributed by atoms with Crippen LogP contribution in [0.15, 0.2) is 17.5 Å². The van der Waals surface area contributed by atoms with E-state index in [2.05, 4.69) is 10.6 Å². The molecule has 0 fully saturated rings. The van der Waals surface area contributed by atoms with E-state index in [-0.39, 0.29) is 5.91 Å². The Bertz CT molecular complexity index is 473. The minimum atomic E-state index is -1.07. The zero-order valence-electron chi connectivity index (χ0n) is 11.4. The van der Waals surface area contributed by atoms with Gasteiger partial charge < -0.3 is 15.7 Å². The lowest BCUT2D eigenvalue weighted by Gasteiger charge is -2.18. The molecule has 1 heterocycles. The number of carbonyl (C=O) groups excluding carboxylic acids is 2. The van der Waals surface area contributed by atoms with E-state index < -0.39 is 24.0 Å². The predicted molar refractivity (Wildman–Crippen MR) is 75.7 cm³/mol. The van der Waals surface area contributed by atoms with Crippen molar-refractivity contribution in [3.8, 4) is 0 Å². The molecule has 20 heavy (non-hydrogen) atoms. The summed E-state index contributed by atoms with van der Waals surface area (Å²) in [6, 6.07) is 1.69. The summed E-state index contributed by atoms with van der Waals surface area (Å²) in [7, 11) is 0. The Balaban J connectivity index is 2.54. The molecule has 1 aromatic rings. The van der Waals surface area contributed by atoms with Crippen LogP contribution in [0.2, 0.25) is 0 Å². The summed E-state index contributed by atoms with van der Waals surface area (Å²) in [5, 5.41) is 15.7. The molecule has 6 nitrogen and oxygen atoms in total. The van der Waals surface area contributed by atoms with Crippen molar-refractivity contribution in [3.05, 3.63) is 22.4 Å². The van der Waals surface area contributed by atoms with Gasteiger partial charge in [-0.05, 0) is 24.8 Å². The number of hydrogen-bond donors (Lipinski definition) is 3. The second kappa shape index (κ2) is 7.64. The monoisotopic (exact) mass is 298 g/mol. The van der Waals surface area contributed by atoms with E-state index >= 15 is 0 Å². The molecular weight excluding hydrogens is 280 g/mol. The quantitative estimate of drug-likeness (QED) is 0.705. The third kappa shape index (κ3) is 4.65. The smallest absolute Gasteiger partial charge is 0.326 e. The van der Waals surface area contributed by atoms with Crippen LogP contribution in [0.25, 0.3) is 0 Å². The lowest BCUT2D eigenvalue weighted by molar-refractivity contribution is -0.142. The molecule has 0 aliphatic carbocycles. The highest BCUT2D eigenvalue weighted by Gasteiger charge is 2.23. The Kier molecular flexibility index (Phi) is 6.17. The van der Waals surface area contributed by atoms with Crippen LogP contribution in [0.3, 0.4) is 0 Å². The largest absolute Gasteiger partial charge is 0.480 e. The van der Waals surface area contributed by atoms with Gasteiger partial charge in [-0.2, -0.15) is 0 Å². The van der Waals surface area contributed by atoms with Gasteiger partial charge in [-0.3, -0.25) is 9.59 Å². The summed E-state index contributed by atoms with van der Waals surface area (Å²) in [6.07, 6.45) is 1.000. The molecule has 0 aromatic carbocycles. The molecule has 2 atom stereocenters.